The highest BCUT2D eigenvalue weighted by Crippen LogP contribution is 2.31. The van der Waals surface area contributed by atoms with E-state index in [0.717, 1.165) is 43.4 Å². The molecule has 0 aromatic heterocycles. The fourth-order valence-corrected chi connectivity index (χ4v) is 4.07. The van der Waals surface area contributed by atoms with Gasteiger partial charge in [0.2, 0.25) is 5.91 Å². The van der Waals surface area contributed by atoms with Gasteiger partial charge in [0.05, 0.1) is 19.8 Å². The number of hydrogen-bond donors (Lipinski definition) is 3. The molecule has 0 spiro atoms. The van der Waals surface area contributed by atoms with Crippen molar-refractivity contribution < 1.29 is 24.1 Å². The summed E-state index contributed by atoms with van der Waals surface area (Å²) < 4.78 is 16.5. The fourth-order valence-electron chi connectivity index (χ4n) is 4.07. The number of ether oxygens (including phenoxy) is 3. The zero-order valence-corrected chi connectivity index (χ0v) is 24.3. The minimum atomic E-state index is -0.794. The summed E-state index contributed by atoms with van der Waals surface area (Å²) in [5.41, 5.74) is 7.09. The second kappa shape index (κ2) is 17.8. The normalized spacial score (nSPS) is 14.1. The second-order valence-electron chi connectivity index (χ2n) is 10.6. The van der Waals surface area contributed by atoms with E-state index >= 15 is 0 Å². The van der Waals surface area contributed by atoms with Crippen molar-refractivity contribution in [2.75, 3.05) is 34.0 Å². The summed E-state index contributed by atoms with van der Waals surface area (Å²) in [4.78, 5) is 12.6. The van der Waals surface area contributed by atoms with Gasteiger partial charge in [0, 0.05) is 38.1 Å². The lowest BCUT2D eigenvalue weighted by atomic mass is 9.83. The number of methoxy groups -OCH3 is 2. The Kier molecular flexibility index (Phi) is 17.1. The molecule has 1 aromatic rings. The average Bonchev–Trinajstić information content (AvgIpc) is 2.83. The van der Waals surface area contributed by atoms with Crippen molar-refractivity contribution in [2.24, 2.45) is 23.0 Å². The van der Waals surface area contributed by atoms with E-state index in [2.05, 4.69) is 32.2 Å². The molecule has 210 valence electrons. The first-order valence-corrected chi connectivity index (χ1v) is 13.1. The molecule has 0 aliphatic carbocycles. The third-order valence-corrected chi connectivity index (χ3v) is 6.73. The summed E-state index contributed by atoms with van der Waals surface area (Å²) in [6.07, 6.45) is 4.36. The Bertz CT molecular complexity index is 745. The highest BCUT2D eigenvalue weighted by molar-refractivity contribution is 5.85. The molecule has 1 amide bonds. The molecule has 36 heavy (non-hydrogen) atoms. The SMILES string of the molecule is CCCCC(C)(C)C(=O)NC[C@H](O)[C@@H](N)C[C@H](Cc1ccc(OC)c(OCCCOC)c1)C(C)C.Cl. The van der Waals surface area contributed by atoms with Crippen LogP contribution in [0.4, 0.5) is 0 Å². The number of carbonyl (C=O) groups excluding carboxylic acids is 1. The molecule has 0 radical (unpaired) electrons. The van der Waals surface area contributed by atoms with E-state index in [1.54, 1.807) is 14.2 Å². The van der Waals surface area contributed by atoms with Crippen LogP contribution in [0.5, 0.6) is 11.5 Å². The molecule has 0 fully saturated rings. The highest BCUT2D eigenvalue weighted by Gasteiger charge is 2.28. The first-order chi connectivity index (χ1) is 16.5. The van der Waals surface area contributed by atoms with Gasteiger partial charge in [-0.3, -0.25) is 4.79 Å². The molecule has 0 saturated carbocycles. The van der Waals surface area contributed by atoms with Crippen LogP contribution in [0.2, 0.25) is 0 Å². The number of nitrogens with two attached hydrogens (primary N) is 1. The number of nitrogens with one attached hydrogen (secondary N) is 1. The van der Waals surface area contributed by atoms with Crippen LogP contribution in [0.25, 0.3) is 0 Å². The summed E-state index contributed by atoms with van der Waals surface area (Å²) in [6, 6.07) is 5.59. The van der Waals surface area contributed by atoms with Crippen LogP contribution in [-0.2, 0) is 16.0 Å². The Balaban J connectivity index is 0.0000122. The van der Waals surface area contributed by atoms with Crippen LogP contribution in [-0.4, -0.2) is 57.1 Å². The summed E-state index contributed by atoms with van der Waals surface area (Å²) in [6.45, 7) is 11.7. The Morgan fingerprint density at radius 3 is 2.42 bits per heavy atom. The Labute approximate surface area is 225 Å². The van der Waals surface area contributed by atoms with Gasteiger partial charge in [-0.2, -0.15) is 0 Å². The van der Waals surface area contributed by atoms with E-state index in [0.29, 0.717) is 31.3 Å². The Morgan fingerprint density at radius 2 is 1.83 bits per heavy atom. The predicted octanol–water partition coefficient (Wildman–Crippen LogP) is 4.76. The van der Waals surface area contributed by atoms with Gasteiger partial charge in [0.15, 0.2) is 11.5 Å². The van der Waals surface area contributed by atoms with Crippen molar-refractivity contribution in [2.45, 2.75) is 85.3 Å². The summed E-state index contributed by atoms with van der Waals surface area (Å²) >= 11 is 0. The molecule has 0 unspecified atom stereocenters. The molecule has 7 nitrogen and oxygen atoms in total. The van der Waals surface area contributed by atoms with E-state index in [1.165, 1.54) is 0 Å². The Hall–Kier alpha value is -1.54. The van der Waals surface area contributed by atoms with Crippen molar-refractivity contribution in [3.8, 4) is 11.5 Å². The van der Waals surface area contributed by atoms with Crippen LogP contribution >= 0.6 is 12.4 Å². The van der Waals surface area contributed by atoms with Crippen molar-refractivity contribution in [1.29, 1.82) is 0 Å². The topological polar surface area (TPSA) is 103 Å². The number of unbranched alkanes of at least 4 members (excludes halogenated alkanes) is 1. The van der Waals surface area contributed by atoms with Gasteiger partial charge in [-0.1, -0.05) is 53.5 Å². The van der Waals surface area contributed by atoms with Gasteiger partial charge in [0.25, 0.3) is 0 Å². The van der Waals surface area contributed by atoms with E-state index in [1.807, 2.05) is 26.0 Å². The van der Waals surface area contributed by atoms with Gasteiger partial charge in [-0.25, -0.2) is 0 Å². The van der Waals surface area contributed by atoms with Crippen molar-refractivity contribution in [1.82, 2.24) is 5.32 Å². The molecule has 0 saturated heterocycles. The van der Waals surface area contributed by atoms with Crippen LogP contribution < -0.4 is 20.5 Å². The van der Waals surface area contributed by atoms with E-state index in [-0.39, 0.29) is 30.8 Å². The number of aliphatic hydroxyl groups is 1. The van der Waals surface area contributed by atoms with Gasteiger partial charge in [-0.15, -0.1) is 12.4 Å². The minimum absolute atomic E-state index is 0. The van der Waals surface area contributed by atoms with Gasteiger partial charge in [-0.05, 0) is 48.8 Å². The second-order valence-corrected chi connectivity index (χ2v) is 10.6. The average molecular weight is 531 g/mol. The molecule has 4 N–H and O–H groups in total. The third kappa shape index (κ3) is 12.1. The molecule has 1 rings (SSSR count). The number of rotatable bonds is 18. The molecule has 8 heteroatoms. The zero-order valence-electron chi connectivity index (χ0n) is 23.5. The molecule has 1 aromatic carbocycles. The molecule has 0 aliphatic rings. The quantitative estimate of drug-likeness (QED) is 0.236. The van der Waals surface area contributed by atoms with E-state index in [9.17, 15) is 9.90 Å². The van der Waals surface area contributed by atoms with Crippen molar-refractivity contribution in [3.05, 3.63) is 23.8 Å². The molecular weight excluding hydrogens is 480 g/mol. The number of amides is 1. The maximum Gasteiger partial charge on any atom is 0.225 e. The fraction of sp³-hybridized carbons (Fsp3) is 0.750. The first kappa shape index (κ1) is 34.5. The summed E-state index contributed by atoms with van der Waals surface area (Å²) in [7, 11) is 3.31. The van der Waals surface area contributed by atoms with E-state index < -0.39 is 17.6 Å². The number of aliphatic hydroxyl groups excluding tert-OH is 1. The third-order valence-electron chi connectivity index (χ3n) is 6.73. The van der Waals surface area contributed by atoms with E-state index in [4.69, 9.17) is 19.9 Å². The number of benzene rings is 1. The molecule has 3 atom stereocenters. The summed E-state index contributed by atoms with van der Waals surface area (Å²) in [5.74, 6) is 2.04. The predicted molar refractivity (Wildman–Crippen MR) is 149 cm³/mol. The van der Waals surface area contributed by atoms with Crippen LogP contribution in [0.1, 0.15) is 72.3 Å². The largest absolute Gasteiger partial charge is 0.493 e. The van der Waals surface area contributed by atoms with Crippen LogP contribution in [0.15, 0.2) is 18.2 Å². The number of halogens is 1. The minimum Gasteiger partial charge on any atom is -0.493 e. The monoisotopic (exact) mass is 530 g/mol. The van der Waals surface area contributed by atoms with Crippen molar-refractivity contribution >= 4 is 18.3 Å². The summed E-state index contributed by atoms with van der Waals surface area (Å²) in [5, 5.41) is 13.6. The zero-order chi connectivity index (χ0) is 26.4. The maximum atomic E-state index is 12.6. The van der Waals surface area contributed by atoms with Crippen LogP contribution in [0.3, 0.4) is 0 Å². The molecule has 0 heterocycles. The standard InChI is InChI=1S/C28H50N2O5.ClH/c1-8-9-13-28(4,5)27(32)30-19-24(31)23(29)18-22(20(2)3)16-21-11-12-25(34-7)26(17-21)35-15-10-14-33-6;/h11-12,17,20,22-24,31H,8-10,13-16,18-19,29H2,1-7H3,(H,30,32);1H/t22-,23-,24-;/m0./s1. The highest BCUT2D eigenvalue weighted by atomic mass is 35.5. The lowest BCUT2D eigenvalue weighted by molar-refractivity contribution is -0.130. The molecular formula is C28H51ClN2O5. The van der Waals surface area contributed by atoms with Gasteiger partial charge >= 0.3 is 0 Å². The van der Waals surface area contributed by atoms with Gasteiger partial charge < -0.3 is 30.4 Å². The molecule has 0 bridgehead atoms. The Morgan fingerprint density at radius 1 is 1.14 bits per heavy atom. The van der Waals surface area contributed by atoms with Crippen LogP contribution in [0, 0.1) is 17.3 Å². The maximum absolute atomic E-state index is 12.6. The first-order valence-electron chi connectivity index (χ1n) is 13.1. The lowest BCUT2D eigenvalue weighted by Gasteiger charge is -2.29. The number of hydrogen-bond acceptors (Lipinski definition) is 6. The number of carbonyl (C=O) groups is 1. The lowest BCUT2D eigenvalue weighted by Crippen LogP contribution is -2.47. The van der Waals surface area contributed by atoms with Gasteiger partial charge in [0.1, 0.15) is 0 Å². The molecule has 0 aliphatic heterocycles. The smallest absolute Gasteiger partial charge is 0.225 e. The van der Waals surface area contributed by atoms with Crippen molar-refractivity contribution in [3.63, 3.8) is 0 Å².